The first-order chi connectivity index (χ1) is 13.1. The topological polar surface area (TPSA) is 162 Å². The number of amides is 4. The molecular formula is C15H13N3O9S. The summed E-state index contributed by atoms with van der Waals surface area (Å²) in [6.07, 6.45) is -0.366. The largest absolute Gasteiger partial charge is 0.364 e. The minimum Gasteiger partial charge on any atom is -0.273 e. The quantitative estimate of drug-likeness (QED) is 0.147. The third-order valence-corrected chi connectivity index (χ3v) is 4.92. The molecule has 1 fully saturated rings. The van der Waals surface area contributed by atoms with Crippen molar-refractivity contribution in [2.45, 2.75) is 12.8 Å². The summed E-state index contributed by atoms with van der Waals surface area (Å²) in [6, 6.07) is 8.33. The van der Waals surface area contributed by atoms with Crippen molar-refractivity contribution in [3.8, 4) is 0 Å². The van der Waals surface area contributed by atoms with E-state index in [-0.39, 0.29) is 16.1 Å². The summed E-state index contributed by atoms with van der Waals surface area (Å²) in [5.74, 6) is -6.83. The number of hydroxylamine groups is 2. The maximum Gasteiger partial charge on any atom is 0.364 e. The van der Waals surface area contributed by atoms with Crippen LogP contribution in [0.1, 0.15) is 5.56 Å². The molecule has 13 heteroatoms. The molecule has 0 unspecified atom stereocenters. The van der Waals surface area contributed by atoms with Crippen molar-refractivity contribution in [3.63, 3.8) is 0 Å². The van der Waals surface area contributed by atoms with Gasteiger partial charge in [0.1, 0.15) is 6.61 Å². The Bertz CT molecular complexity index is 958. The number of carbonyl (C=O) groups excluding carboxylic acids is 4. The Balaban J connectivity index is 1.80. The van der Waals surface area contributed by atoms with E-state index in [1.54, 1.807) is 30.3 Å². The predicted octanol–water partition coefficient (Wildman–Crippen LogP) is -1.15. The molecule has 2 N–H and O–H groups in total. The smallest absolute Gasteiger partial charge is 0.273 e. The van der Waals surface area contributed by atoms with Gasteiger partial charge in [-0.1, -0.05) is 35.6 Å². The van der Waals surface area contributed by atoms with E-state index in [0.717, 1.165) is 12.2 Å². The first-order valence-corrected chi connectivity index (χ1v) is 9.08. The number of hydrogen-bond acceptors (Lipinski definition) is 8. The number of nitrogens with zero attached hydrogens (tertiary/aromatic N) is 3. The number of rotatable bonds is 6. The van der Waals surface area contributed by atoms with Gasteiger partial charge in [0.05, 0.1) is 0 Å². The van der Waals surface area contributed by atoms with Crippen LogP contribution in [0.3, 0.4) is 0 Å². The number of β-lactam (4-membered cyclic amide) rings is 1. The lowest BCUT2D eigenvalue weighted by molar-refractivity contribution is -0.325. The van der Waals surface area contributed by atoms with Gasteiger partial charge in [0, 0.05) is 12.2 Å². The van der Waals surface area contributed by atoms with Gasteiger partial charge in [0.15, 0.2) is 12.1 Å². The molecular weight excluding hydrogens is 398 g/mol. The third-order valence-electron chi connectivity index (χ3n) is 4.03. The normalized spacial score (nSPS) is 21.9. The summed E-state index contributed by atoms with van der Waals surface area (Å²) < 4.78 is 31.9. The van der Waals surface area contributed by atoms with Crippen molar-refractivity contribution in [2.75, 3.05) is 0 Å². The Morgan fingerprint density at radius 1 is 1.11 bits per heavy atom. The van der Waals surface area contributed by atoms with Crippen LogP contribution in [-0.4, -0.2) is 62.4 Å². The van der Waals surface area contributed by atoms with Gasteiger partial charge >= 0.3 is 10.3 Å². The molecule has 148 valence electrons. The molecule has 0 bridgehead atoms. The highest BCUT2D eigenvalue weighted by Crippen LogP contribution is 2.35. The van der Waals surface area contributed by atoms with E-state index in [4.69, 9.17) is 4.84 Å². The van der Waals surface area contributed by atoms with E-state index in [0.29, 0.717) is 10.5 Å². The van der Waals surface area contributed by atoms with E-state index < -0.39 is 46.0 Å². The van der Waals surface area contributed by atoms with Crippen molar-refractivity contribution >= 4 is 33.9 Å². The Kier molecular flexibility index (Phi) is 4.99. The summed E-state index contributed by atoms with van der Waals surface area (Å²) in [7, 11) is -5.18. The van der Waals surface area contributed by atoms with Gasteiger partial charge in [0.2, 0.25) is 0 Å². The van der Waals surface area contributed by atoms with E-state index >= 15 is 0 Å². The Morgan fingerprint density at radius 3 is 2.21 bits per heavy atom. The monoisotopic (exact) mass is 411 g/mol. The average Bonchev–Trinajstić information content (AvgIpc) is 2.95. The highest BCUT2D eigenvalue weighted by atomic mass is 32.2. The lowest BCUT2D eigenvalue weighted by atomic mass is 9.94. The molecule has 2 aliphatic heterocycles. The number of hydrogen-bond donors (Lipinski definition) is 2. The number of imide groups is 1. The first kappa shape index (κ1) is 19.6. The van der Waals surface area contributed by atoms with Crippen LogP contribution in [0.25, 0.3) is 0 Å². The molecule has 1 aromatic rings. The maximum absolute atomic E-state index is 12.4. The molecule has 12 nitrogen and oxygen atoms in total. The van der Waals surface area contributed by atoms with Gasteiger partial charge in [-0.15, -0.1) is 0 Å². The highest BCUT2D eigenvalue weighted by Gasteiger charge is 2.63. The van der Waals surface area contributed by atoms with Crippen LogP contribution in [0, 0.1) is 5.92 Å². The maximum atomic E-state index is 12.4. The Morgan fingerprint density at radius 2 is 1.68 bits per heavy atom. The van der Waals surface area contributed by atoms with E-state index in [1.165, 1.54) is 0 Å². The van der Waals surface area contributed by atoms with Crippen molar-refractivity contribution in [2.24, 2.45) is 5.92 Å². The third kappa shape index (κ3) is 3.38. The van der Waals surface area contributed by atoms with Crippen LogP contribution in [0.5, 0.6) is 0 Å². The standard InChI is InChI=1S/C15H13N3O9S/c19-10-6-7-11(20)16(10)13-12(14(21)17(13)28(24,25)26)15(22)18(23)27-8-9-4-2-1-3-5-9/h1-7,12-13,23H,8H2,(H,24,25,26)/t12-,13+/m1/s1. The number of benzene rings is 1. The van der Waals surface area contributed by atoms with Crippen molar-refractivity contribution in [1.82, 2.24) is 14.4 Å². The molecule has 1 saturated heterocycles. The van der Waals surface area contributed by atoms with Crippen LogP contribution < -0.4 is 0 Å². The van der Waals surface area contributed by atoms with E-state index in [9.17, 15) is 37.4 Å². The fraction of sp³-hybridized carbons (Fsp3) is 0.200. The van der Waals surface area contributed by atoms with Crippen molar-refractivity contribution in [1.29, 1.82) is 0 Å². The van der Waals surface area contributed by atoms with Crippen LogP contribution in [0.15, 0.2) is 42.5 Å². The Labute approximate surface area is 158 Å². The summed E-state index contributed by atoms with van der Waals surface area (Å²) in [6.45, 7) is -0.264. The average molecular weight is 411 g/mol. The second kappa shape index (κ2) is 7.12. The molecule has 3 rings (SSSR count). The van der Waals surface area contributed by atoms with Crippen LogP contribution in [0.4, 0.5) is 0 Å². The van der Waals surface area contributed by atoms with Gasteiger partial charge < -0.3 is 0 Å². The fourth-order valence-corrected chi connectivity index (χ4v) is 3.58. The molecule has 0 radical (unpaired) electrons. The molecule has 2 aliphatic rings. The molecule has 2 atom stereocenters. The lowest BCUT2D eigenvalue weighted by Crippen LogP contribution is -2.73. The molecule has 2 heterocycles. The fourth-order valence-electron chi connectivity index (χ4n) is 2.75. The molecule has 4 amide bonds. The van der Waals surface area contributed by atoms with Crippen LogP contribution in [0.2, 0.25) is 0 Å². The second-order valence-electron chi connectivity index (χ2n) is 5.75. The van der Waals surface area contributed by atoms with E-state index in [2.05, 4.69) is 0 Å². The summed E-state index contributed by atoms with van der Waals surface area (Å²) in [4.78, 5) is 53.3. The molecule has 28 heavy (non-hydrogen) atoms. The molecule has 1 aromatic carbocycles. The van der Waals surface area contributed by atoms with Gasteiger partial charge in [-0.2, -0.15) is 12.7 Å². The zero-order chi connectivity index (χ0) is 20.6. The predicted molar refractivity (Wildman–Crippen MR) is 86.5 cm³/mol. The van der Waals surface area contributed by atoms with Gasteiger partial charge in [-0.05, 0) is 5.56 Å². The van der Waals surface area contributed by atoms with Crippen molar-refractivity contribution in [3.05, 3.63) is 48.0 Å². The van der Waals surface area contributed by atoms with Crippen LogP contribution >= 0.6 is 0 Å². The summed E-state index contributed by atoms with van der Waals surface area (Å²) in [5, 5.41) is 9.51. The summed E-state index contributed by atoms with van der Waals surface area (Å²) >= 11 is 0. The zero-order valence-corrected chi connectivity index (χ0v) is 14.7. The SMILES string of the molecule is O=C([C@H]1C(=O)N(S(=O)(=O)O)[C@@H]1N1C(=O)C=CC1=O)N(O)OCc1ccccc1. The van der Waals surface area contributed by atoms with E-state index in [1.807, 2.05) is 0 Å². The Hall–Kier alpha value is -3.13. The highest BCUT2D eigenvalue weighted by molar-refractivity contribution is 7.84. The first-order valence-electron chi connectivity index (χ1n) is 7.68. The molecule has 0 aliphatic carbocycles. The minimum atomic E-state index is -5.18. The van der Waals surface area contributed by atoms with Crippen LogP contribution in [-0.2, 0) is 40.9 Å². The molecule has 0 saturated carbocycles. The molecule has 0 spiro atoms. The lowest BCUT2D eigenvalue weighted by Gasteiger charge is -2.46. The minimum absolute atomic E-state index is 0.191. The zero-order valence-electron chi connectivity index (χ0n) is 13.9. The van der Waals surface area contributed by atoms with Gasteiger partial charge in [-0.25, -0.2) is 4.84 Å². The second-order valence-corrected chi connectivity index (χ2v) is 7.04. The van der Waals surface area contributed by atoms with Crippen molar-refractivity contribution < 1.29 is 42.2 Å². The van der Waals surface area contributed by atoms with Gasteiger partial charge in [0.25, 0.3) is 23.6 Å². The molecule has 0 aromatic heterocycles. The number of carbonyl (C=O) groups is 4. The van der Waals surface area contributed by atoms with Gasteiger partial charge in [-0.3, -0.25) is 33.8 Å². The summed E-state index contributed by atoms with van der Waals surface area (Å²) in [5.41, 5.74) is 0.569.